The average molecular weight is 523 g/mol. The van der Waals surface area contributed by atoms with Gasteiger partial charge in [-0.3, -0.25) is 0 Å². The predicted molar refractivity (Wildman–Crippen MR) is 161 cm³/mol. The summed E-state index contributed by atoms with van der Waals surface area (Å²) in [4.78, 5) is 0. The minimum absolute atomic E-state index is 0.561. The smallest absolute Gasteiger partial charge is 0.166 e. The molecule has 0 N–H and O–H groups in total. The van der Waals surface area contributed by atoms with Crippen LogP contribution in [0.15, 0.2) is 127 Å². The second-order valence-corrected chi connectivity index (χ2v) is 10.5. The third-order valence-electron chi connectivity index (χ3n) is 8.12. The Morgan fingerprint density at radius 2 is 0.875 bits per heavy atom. The first-order chi connectivity index (χ1) is 19.4. The van der Waals surface area contributed by atoms with E-state index in [-0.39, 0.29) is 0 Å². The van der Waals surface area contributed by atoms with E-state index in [1.54, 1.807) is 6.07 Å². The molecule has 0 heterocycles. The van der Waals surface area contributed by atoms with Crippen LogP contribution in [0.2, 0.25) is 0 Å². The summed E-state index contributed by atoms with van der Waals surface area (Å²) >= 11 is 0. The van der Waals surface area contributed by atoms with Crippen molar-refractivity contribution in [1.29, 1.82) is 0 Å². The lowest BCUT2D eigenvalue weighted by molar-refractivity contribution is -0.137. The molecule has 0 atom stereocenters. The summed E-state index contributed by atoms with van der Waals surface area (Å²) in [5.41, 5.74) is 3.10. The third kappa shape index (κ3) is 3.48. The van der Waals surface area contributed by atoms with Crippen molar-refractivity contribution in [2.45, 2.75) is 6.18 Å². The molecule has 0 aliphatic heterocycles. The van der Waals surface area contributed by atoms with Crippen molar-refractivity contribution in [2.75, 3.05) is 0 Å². The van der Waals surface area contributed by atoms with Gasteiger partial charge in [-0.2, -0.15) is 13.2 Å². The lowest BCUT2D eigenvalue weighted by atomic mass is 9.87. The van der Waals surface area contributed by atoms with Crippen LogP contribution in [-0.2, 0) is 6.18 Å². The summed E-state index contributed by atoms with van der Waals surface area (Å²) in [6, 6.07) is 41.9. The van der Waals surface area contributed by atoms with E-state index in [2.05, 4.69) is 91.0 Å². The highest BCUT2D eigenvalue weighted by atomic mass is 19.4. The van der Waals surface area contributed by atoms with E-state index in [0.29, 0.717) is 5.56 Å². The van der Waals surface area contributed by atoms with Crippen LogP contribution in [0.3, 0.4) is 0 Å². The Morgan fingerprint density at radius 3 is 1.40 bits per heavy atom. The fourth-order valence-electron chi connectivity index (χ4n) is 6.35. The molecule has 0 amide bonds. The molecule has 8 rings (SSSR count). The van der Waals surface area contributed by atoms with Gasteiger partial charge in [-0.15, -0.1) is 0 Å². The highest BCUT2D eigenvalue weighted by Gasteiger charge is 2.30. The Kier molecular flexibility index (Phi) is 4.78. The quantitative estimate of drug-likeness (QED) is 0.156. The first kappa shape index (κ1) is 23.0. The summed E-state index contributed by atoms with van der Waals surface area (Å²) in [7, 11) is 0. The van der Waals surface area contributed by atoms with Crippen molar-refractivity contribution in [2.24, 2.45) is 0 Å². The van der Waals surface area contributed by atoms with Crippen molar-refractivity contribution in [3.63, 3.8) is 0 Å². The third-order valence-corrected chi connectivity index (χ3v) is 8.12. The van der Waals surface area contributed by atoms with Crippen LogP contribution in [0.4, 0.5) is 13.2 Å². The first-order valence-corrected chi connectivity index (χ1v) is 13.3. The maximum Gasteiger partial charge on any atom is 0.416 e. The molecule has 0 saturated heterocycles. The van der Waals surface area contributed by atoms with Crippen molar-refractivity contribution in [3.8, 4) is 22.3 Å². The number of benzene rings is 8. The molecule has 3 heteroatoms. The SMILES string of the molecule is FC(F)(F)c1cccc(-c2cc3ccc4cc(-c5c6ccccc6cc6ccccc56)cc5ccc(c2)c3c45)c1. The zero-order chi connectivity index (χ0) is 27.0. The van der Waals surface area contributed by atoms with Gasteiger partial charge in [0.1, 0.15) is 0 Å². The van der Waals surface area contributed by atoms with Gasteiger partial charge in [0.25, 0.3) is 0 Å². The summed E-state index contributed by atoms with van der Waals surface area (Å²) < 4.78 is 40.1. The molecule has 0 aromatic heterocycles. The minimum Gasteiger partial charge on any atom is -0.166 e. The number of fused-ring (bicyclic) bond motifs is 2. The van der Waals surface area contributed by atoms with Gasteiger partial charge in [-0.1, -0.05) is 84.9 Å². The van der Waals surface area contributed by atoms with Gasteiger partial charge >= 0.3 is 6.18 Å². The number of halogens is 3. The molecule has 190 valence electrons. The van der Waals surface area contributed by atoms with E-state index >= 15 is 0 Å². The van der Waals surface area contributed by atoms with Gasteiger partial charge in [0.2, 0.25) is 0 Å². The van der Waals surface area contributed by atoms with E-state index in [9.17, 15) is 13.2 Å². The number of alkyl halides is 3. The van der Waals surface area contributed by atoms with Crippen LogP contribution >= 0.6 is 0 Å². The van der Waals surface area contributed by atoms with Crippen LogP contribution in [-0.4, -0.2) is 0 Å². The molecule has 0 spiro atoms. The van der Waals surface area contributed by atoms with Crippen LogP contribution in [0.25, 0.3) is 76.1 Å². The first-order valence-electron chi connectivity index (χ1n) is 13.3. The largest absolute Gasteiger partial charge is 0.416 e. The van der Waals surface area contributed by atoms with Crippen molar-refractivity contribution < 1.29 is 13.2 Å². The Morgan fingerprint density at radius 1 is 0.375 bits per heavy atom. The van der Waals surface area contributed by atoms with Crippen LogP contribution < -0.4 is 0 Å². The molecule has 0 saturated carbocycles. The predicted octanol–water partition coefficient (Wildman–Crippen LogP) is 11.2. The standard InChI is InChI=1S/C37H21F3/c38-37(39,40)31-9-5-8-22(21-31)29-17-25-12-14-27-19-30(20-28-15-13-26(18-29)34(25)35(27)28)36-32-10-3-1-6-23(32)16-24-7-2-4-11-33(24)36/h1-21H. The van der Waals surface area contributed by atoms with Gasteiger partial charge in [0.05, 0.1) is 5.56 Å². The maximum atomic E-state index is 13.4. The zero-order valence-corrected chi connectivity index (χ0v) is 21.3. The average Bonchev–Trinajstić information content (AvgIpc) is 2.97. The van der Waals surface area contributed by atoms with E-state index in [1.807, 2.05) is 12.1 Å². The molecule has 0 aliphatic carbocycles. The highest BCUT2D eigenvalue weighted by molar-refractivity contribution is 6.25. The highest BCUT2D eigenvalue weighted by Crippen LogP contribution is 2.43. The zero-order valence-electron chi connectivity index (χ0n) is 21.3. The molecule has 8 aromatic carbocycles. The fraction of sp³-hybridized carbons (Fsp3) is 0.0270. The second-order valence-electron chi connectivity index (χ2n) is 10.5. The van der Waals surface area contributed by atoms with Gasteiger partial charge in [0, 0.05) is 0 Å². The van der Waals surface area contributed by atoms with Crippen LogP contribution in [0.5, 0.6) is 0 Å². The van der Waals surface area contributed by atoms with Crippen molar-refractivity contribution >= 4 is 53.9 Å². The van der Waals surface area contributed by atoms with Crippen LogP contribution in [0.1, 0.15) is 5.56 Å². The van der Waals surface area contributed by atoms with Gasteiger partial charge in [0.15, 0.2) is 0 Å². The molecule has 0 fully saturated rings. The number of hydrogen-bond donors (Lipinski definition) is 0. The molecule has 40 heavy (non-hydrogen) atoms. The van der Waals surface area contributed by atoms with Crippen LogP contribution in [0, 0.1) is 0 Å². The monoisotopic (exact) mass is 522 g/mol. The normalized spacial score (nSPS) is 12.4. The van der Waals surface area contributed by atoms with Gasteiger partial charge in [-0.25, -0.2) is 0 Å². The summed E-state index contributed by atoms with van der Waals surface area (Å²) in [5, 5.41) is 11.5. The molecule has 0 nitrogen and oxygen atoms in total. The molecular formula is C37H21F3. The Balaban J connectivity index is 1.37. The molecule has 0 radical (unpaired) electrons. The lowest BCUT2D eigenvalue weighted by Gasteiger charge is -2.17. The lowest BCUT2D eigenvalue weighted by Crippen LogP contribution is -2.04. The van der Waals surface area contributed by atoms with E-state index in [0.717, 1.165) is 38.6 Å². The topological polar surface area (TPSA) is 0 Å². The molecule has 0 bridgehead atoms. The molecular weight excluding hydrogens is 501 g/mol. The molecule has 0 aliphatic rings. The summed E-state index contributed by atoms with van der Waals surface area (Å²) in [5.74, 6) is 0. The fourth-order valence-corrected chi connectivity index (χ4v) is 6.35. The Bertz CT molecular complexity index is 2140. The summed E-state index contributed by atoms with van der Waals surface area (Å²) in [6.45, 7) is 0. The number of rotatable bonds is 2. The Hall–Kier alpha value is -4.89. The maximum absolute atomic E-state index is 13.4. The van der Waals surface area contributed by atoms with Gasteiger partial charge in [-0.05, 0) is 119 Å². The second kappa shape index (κ2) is 8.30. The van der Waals surface area contributed by atoms with E-state index in [1.165, 1.54) is 50.2 Å². The molecule has 0 unspecified atom stereocenters. The minimum atomic E-state index is -4.38. The van der Waals surface area contributed by atoms with Gasteiger partial charge < -0.3 is 0 Å². The Labute approximate surface area is 228 Å². The number of hydrogen-bond acceptors (Lipinski definition) is 0. The van der Waals surface area contributed by atoms with Crippen molar-refractivity contribution in [3.05, 3.63) is 133 Å². The van der Waals surface area contributed by atoms with Crippen molar-refractivity contribution in [1.82, 2.24) is 0 Å². The van der Waals surface area contributed by atoms with E-state index < -0.39 is 11.7 Å². The summed E-state index contributed by atoms with van der Waals surface area (Å²) in [6.07, 6.45) is -4.38. The van der Waals surface area contributed by atoms with E-state index in [4.69, 9.17) is 0 Å². The molecule has 8 aromatic rings.